The van der Waals surface area contributed by atoms with Crippen molar-refractivity contribution in [1.82, 2.24) is 0 Å². The lowest BCUT2D eigenvalue weighted by atomic mass is 9.71. The van der Waals surface area contributed by atoms with Crippen molar-refractivity contribution >= 4 is 18.6 Å². The minimum Gasteiger partial charge on any atom is -0.477 e. The van der Waals surface area contributed by atoms with E-state index in [1.165, 1.54) is 14.4 Å². The lowest BCUT2D eigenvalue weighted by molar-refractivity contribution is 0.198. The monoisotopic (exact) mass is 183 g/mol. The average molecular weight is 183 g/mol. The van der Waals surface area contributed by atoms with Crippen molar-refractivity contribution in [3.63, 3.8) is 0 Å². The Morgan fingerprint density at radius 3 is 2.23 bits per heavy atom. The van der Waals surface area contributed by atoms with E-state index in [1.807, 2.05) is 30.3 Å². The van der Waals surface area contributed by atoms with Gasteiger partial charge in [-0.15, -0.1) is 0 Å². The second kappa shape index (κ2) is 7.33. The Kier molecular flexibility index (Phi) is 8.01. The second-order valence-corrected chi connectivity index (χ2v) is 2.08. The Labute approximate surface area is 77.4 Å². The van der Waals surface area contributed by atoms with E-state index in [0.717, 1.165) is 5.46 Å². The third-order valence-corrected chi connectivity index (χ3v) is 1.29. The number of ether oxygens (including phenoxy) is 1. The number of benzene rings is 1. The molecule has 4 N–H and O–H groups in total. The smallest absolute Gasteiger partial charge is 0.299 e. The average Bonchev–Trinajstić information content (AvgIpc) is 2.06. The molecule has 0 spiro atoms. The van der Waals surface area contributed by atoms with Crippen LogP contribution in [0.1, 0.15) is 0 Å². The van der Waals surface area contributed by atoms with Gasteiger partial charge in [0.05, 0.1) is 7.11 Å². The maximum absolute atomic E-state index is 10.7. The minimum atomic E-state index is -0.323. The van der Waals surface area contributed by atoms with Gasteiger partial charge in [-0.3, -0.25) is 4.79 Å². The van der Waals surface area contributed by atoms with E-state index in [1.54, 1.807) is 0 Å². The number of hydrogen-bond donors (Lipinski definition) is 0. The fourth-order valence-electron chi connectivity index (χ4n) is 0.744. The Morgan fingerprint density at radius 1 is 1.23 bits per heavy atom. The summed E-state index contributed by atoms with van der Waals surface area (Å²) in [6.07, 6.45) is 0. The Balaban J connectivity index is 0. The zero-order valence-electron chi connectivity index (χ0n) is 7.28. The molecule has 5 heteroatoms. The van der Waals surface area contributed by atoms with Crippen LogP contribution >= 0.6 is 0 Å². The standard InChI is InChI=1S/C8H8BO2.2H2O/c1-11-8(10)9-7-5-3-2-4-6-7;;/h2-6H,1H3;2*1H2. The topological polar surface area (TPSA) is 89.3 Å². The van der Waals surface area contributed by atoms with Gasteiger partial charge in [-0.2, -0.15) is 0 Å². The maximum Gasteiger partial charge on any atom is 0.299 e. The summed E-state index contributed by atoms with van der Waals surface area (Å²) in [5.74, 6) is -0.323. The van der Waals surface area contributed by atoms with Crippen molar-refractivity contribution in [3.8, 4) is 0 Å². The van der Waals surface area contributed by atoms with Gasteiger partial charge in [-0.1, -0.05) is 35.8 Å². The molecule has 0 aliphatic heterocycles. The van der Waals surface area contributed by atoms with E-state index in [4.69, 9.17) is 0 Å². The summed E-state index contributed by atoms with van der Waals surface area (Å²) in [4.78, 5) is 10.7. The first-order valence-corrected chi connectivity index (χ1v) is 3.30. The van der Waals surface area contributed by atoms with Crippen LogP contribution in [0.2, 0.25) is 0 Å². The highest BCUT2D eigenvalue weighted by Crippen LogP contribution is 1.82. The Morgan fingerprint density at radius 2 is 1.77 bits per heavy atom. The molecule has 0 saturated carbocycles. The molecule has 0 amide bonds. The van der Waals surface area contributed by atoms with Crippen LogP contribution in [-0.2, 0) is 4.74 Å². The van der Waals surface area contributed by atoms with Crippen molar-refractivity contribution in [3.05, 3.63) is 30.3 Å². The lowest BCUT2D eigenvalue weighted by Gasteiger charge is -1.95. The van der Waals surface area contributed by atoms with Crippen LogP contribution in [0.25, 0.3) is 0 Å². The zero-order chi connectivity index (χ0) is 8.10. The Hall–Kier alpha value is -1.33. The molecule has 71 valence electrons. The van der Waals surface area contributed by atoms with Crippen LogP contribution in [-0.4, -0.2) is 31.2 Å². The molecule has 1 rings (SSSR count). The molecule has 4 nitrogen and oxygen atoms in total. The van der Waals surface area contributed by atoms with Crippen molar-refractivity contribution in [2.45, 2.75) is 0 Å². The molecule has 0 fully saturated rings. The first kappa shape index (κ1) is 14.2. The van der Waals surface area contributed by atoms with Crippen molar-refractivity contribution < 1.29 is 20.5 Å². The summed E-state index contributed by atoms with van der Waals surface area (Å²) < 4.78 is 4.46. The molecule has 0 bridgehead atoms. The molecule has 0 aliphatic rings. The summed E-state index contributed by atoms with van der Waals surface area (Å²) >= 11 is 0. The molecule has 0 atom stereocenters. The van der Waals surface area contributed by atoms with Crippen molar-refractivity contribution in [1.29, 1.82) is 0 Å². The highest BCUT2D eigenvalue weighted by atomic mass is 16.5. The first-order chi connectivity index (χ1) is 5.33. The maximum atomic E-state index is 10.7. The third kappa shape index (κ3) is 5.00. The first-order valence-electron chi connectivity index (χ1n) is 3.30. The fourth-order valence-corrected chi connectivity index (χ4v) is 0.744. The number of carbonyl (C=O) groups is 1. The van der Waals surface area contributed by atoms with Gasteiger partial charge in [-0.25, -0.2) is 0 Å². The molecular weight excluding hydrogens is 171 g/mol. The molecule has 1 aromatic carbocycles. The van der Waals surface area contributed by atoms with Crippen LogP contribution in [0.15, 0.2) is 30.3 Å². The van der Waals surface area contributed by atoms with Crippen LogP contribution in [0.4, 0.5) is 4.79 Å². The van der Waals surface area contributed by atoms with Crippen LogP contribution < -0.4 is 5.46 Å². The van der Waals surface area contributed by atoms with E-state index in [0.29, 0.717) is 0 Å². The van der Waals surface area contributed by atoms with Crippen LogP contribution in [0.3, 0.4) is 0 Å². The molecule has 0 saturated heterocycles. The van der Waals surface area contributed by atoms with Gasteiger partial charge in [0.1, 0.15) is 0 Å². The largest absolute Gasteiger partial charge is 0.477 e. The summed E-state index contributed by atoms with van der Waals surface area (Å²) in [5.41, 5.74) is 0.861. The fraction of sp³-hybridized carbons (Fsp3) is 0.125. The summed E-state index contributed by atoms with van der Waals surface area (Å²) in [5, 5.41) is 0. The molecule has 0 aliphatic carbocycles. The second-order valence-electron chi connectivity index (χ2n) is 2.08. The third-order valence-electron chi connectivity index (χ3n) is 1.29. The van der Waals surface area contributed by atoms with E-state index in [2.05, 4.69) is 4.74 Å². The molecule has 1 aromatic rings. The number of rotatable bonds is 2. The van der Waals surface area contributed by atoms with Crippen molar-refractivity contribution in [2.75, 3.05) is 7.11 Å². The molecule has 13 heavy (non-hydrogen) atoms. The summed E-state index contributed by atoms with van der Waals surface area (Å²) in [6, 6.07) is 9.33. The van der Waals surface area contributed by atoms with Gasteiger partial charge in [-0.05, 0) is 0 Å². The highest BCUT2D eigenvalue weighted by molar-refractivity contribution is 6.82. The molecule has 0 unspecified atom stereocenters. The predicted octanol–water partition coefficient (Wildman–Crippen LogP) is -0.867. The van der Waals surface area contributed by atoms with Gasteiger partial charge in [0, 0.05) is 0 Å². The van der Waals surface area contributed by atoms with Crippen LogP contribution in [0.5, 0.6) is 0 Å². The van der Waals surface area contributed by atoms with E-state index >= 15 is 0 Å². The Bertz CT molecular complexity index is 237. The SMILES string of the molecule is COC(=O)[B]c1ccccc1.O.O. The van der Waals surface area contributed by atoms with Crippen molar-refractivity contribution in [2.24, 2.45) is 0 Å². The number of hydrogen-bond acceptors (Lipinski definition) is 2. The van der Waals surface area contributed by atoms with Gasteiger partial charge < -0.3 is 15.7 Å². The van der Waals surface area contributed by atoms with E-state index in [9.17, 15) is 4.79 Å². The molecule has 1 radical (unpaired) electrons. The van der Waals surface area contributed by atoms with E-state index < -0.39 is 0 Å². The molecule has 0 heterocycles. The zero-order valence-corrected chi connectivity index (χ0v) is 7.28. The van der Waals surface area contributed by atoms with Gasteiger partial charge in [0.2, 0.25) is 0 Å². The molecule has 0 aromatic heterocycles. The minimum absolute atomic E-state index is 0. The highest BCUT2D eigenvalue weighted by Gasteiger charge is 2.03. The normalized spacial score (nSPS) is 7.46. The van der Waals surface area contributed by atoms with Gasteiger partial charge in [0.15, 0.2) is 0 Å². The summed E-state index contributed by atoms with van der Waals surface area (Å²) in [7, 11) is 2.81. The van der Waals surface area contributed by atoms with Gasteiger partial charge in [0.25, 0.3) is 13.1 Å². The van der Waals surface area contributed by atoms with Crippen LogP contribution in [0, 0.1) is 0 Å². The quantitative estimate of drug-likeness (QED) is 0.557. The van der Waals surface area contributed by atoms with E-state index in [-0.39, 0.29) is 16.8 Å². The number of methoxy groups -OCH3 is 1. The summed E-state index contributed by atoms with van der Waals surface area (Å²) in [6.45, 7) is 0. The predicted molar refractivity (Wildman–Crippen MR) is 51.5 cm³/mol. The lowest BCUT2D eigenvalue weighted by Crippen LogP contribution is -2.22. The van der Waals surface area contributed by atoms with Gasteiger partial charge >= 0.3 is 0 Å². The molecular formula is C8H12BO4. The number of carbonyl (C=O) groups excluding carboxylic acids is 1.